The first-order valence-electron chi connectivity index (χ1n) is 9.36. The van der Waals surface area contributed by atoms with Crippen molar-refractivity contribution in [1.82, 2.24) is 10.6 Å². The first-order valence-corrected chi connectivity index (χ1v) is 9.36. The van der Waals surface area contributed by atoms with E-state index in [9.17, 15) is 0 Å². The number of ether oxygens (including phenoxy) is 2. The quantitative estimate of drug-likeness (QED) is 0.338. The Hall–Kier alpha value is -1.02. The van der Waals surface area contributed by atoms with Crippen molar-refractivity contribution >= 4 is 29.9 Å². The van der Waals surface area contributed by atoms with Gasteiger partial charge in [-0.1, -0.05) is 18.2 Å². The third kappa shape index (κ3) is 7.70. The number of aliphatic imine (C=N–C) groups is 1. The first-order chi connectivity index (χ1) is 12.0. The second-order valence-electron chi connectivity index (χ2n) is 7.14. The highest BCUT2D eigenvalue weighted by Crippen LogP contribution is 2.27. The number of halogens is 1. The maximum Gasteiger partial charge on any atom is 0.191 e. The minimum Gasteiger partial charge on any atom is -0.490 e. The monoisotopic (exact) mass is 475 g/mol. The maximum absolute atomic E-state index is 6.20. The second-order valence-corrected chi connectivity index (χ2v) is 7.14. The van der Waals surface area contributed by atoms with Crippen molar-refractivity contribution in [3.05, 3.63) is 29.8 Å². The van der Waals surface area contributed by atoms with Gasteiger partial charge in [0.25, 0.3) is 0 Å². The molecule has 1 aliphatic carbocycles. The van der Waals surface area contributed by atoms with Crippen LogP contribution in [0.3, 0.4) is 0 Å². The third-order valence-corrected chi connectivity index (χ3v) is 4.55. The summed E-state index contributed by atoms with van der Waals surface area (Å²) >= 11 is 0. The van der Waals surface area contributed by atoms with Crippen molar-refractivity contribution in [2.75, 3.05) is 20.2 Å². The molecule has 26 heavy (non-hydrogen) atoms. The van der Waals surface area contributed by atoms with Crippen LogP contribution in [-0.4, -0.2) is 37.9 Å². The number of nitrogens with zero attached hydrogens (tertiary/aromatic N) is 1. The predicted molar refractivity (Wildman–Crippen MR) is 119 cm³/mol. The van der Waals surface area contributed by atoms with Gasteiger partial charge in [-0.15, -0.1) is 24.0 Å². The molecule has 0 heterocycles. The van der Waals surface area contributed by atoms with E-state index in [1.165, 1.54) is 12.8 Å². The summed E-state index contributed by atoms with van der Waals surface area (Å²) in [5.41, 5.74) is 0.886. The molecule has 1 aromatic carbocycles. The largest absolute Gasteiger partial charge is 0.490 e. The fraction of sp³-hybridized carbons (Fsp3) is 0.650. The van der Waals surface area contributed by atoms with Crippen LogP contribution in [0.25, 0.3) is 0 Å². The van der Waals surface area contributed by atoms with E-state index in [1.54, 1.807) is 7.11 Å². The predicted octanol–water partition coefficient (Wildman–Crippen LogP) is 4.11. The van der Waals surface area contributed by atoms with Crippen LogP contribution < -0.4 is 15.4 Å². The summed E-state index contributed by atoms with van der Waals surface area (Å²) in [4.78, 5) is 4.72. The van der Waals surface area contributed by atoms with Crippen LogP contribution in [0.2, 0.25) is 0 Å². The Labute approximate surface area is 175 Å². The summed E-state index contributed by atoms with van der Waals surface area (Å²) in [6.45, 7) is 8.26. The Balaban J connectivity index is 0.00000338. The molecule has 0 unspecified atom stereocenters. The Kier molecular flexibility index (Phi) is 10.3. The zero-order valence-electron chi connectivity index (χ0n) is 16.5. The molecule has 0 radical (unpaired) electrons. The highest BCUT2D eigenvalue weighted by molar-refractivity contribution is 14.0. The van der Waals surface area contributed by atoms with Gasteiger partial charge in [0.15, 0.2) is 5.96 Å². The van der Waals surface area contributed by atoms with E-state index in [0.717, 1.165) is 36.7 Å². The minimum absolute atomic E-state index is 0. The maximum atomic E-state index is 6.20. The van der Waals surface area contributed by atoms with Crippen LogP contribution in [0.4, 0.5) is 0 Å². The van der Waals surface area contributed by atoms with Crippen LogP contribution in [0.5, 0.6) is 5.75 Å². The van der Waals surface area contributed by atoms with E-state index in [1.807, 2.05) is 26.0 Å². The zero-order chi connectivity index (χ0) is 18.1. The van der Waals surface area contributed by atoms with Gasteiger partial charge in [-0.2, -0.15) is 0 Å². The number of methoxy groups -OCH3 is 1. The van der Waals surface area contributed by atoms with Crippen molar-refractivity contribution in [3.63, 3.8) is 0 Å². The highest BCUT2D eigenvalue weighted by atomic mass is 127. The van der Waals surface area contributed by atoms with Gasteiger partial charge < -0.3 is 20.1 Å². The van der Waals surface area contributed by atoms with Gasteiger partial charge in [-0.25, -0.2) is 4.99 Å². The normalized spacial score (nSPS) is 15.5. The Morgan fingerprint density at radius 3 is 2.54 bits per heavy atom. The average molecular weight is 475 g/mol. The summed E-state index contributed by atoms with van der Waals surface area (Å²) in [6, 6.07) is 8.22. The molecule has 0 amide bonds. The van der Waals surface area contributed by atoms with E-state index in [2.05, 4.69) is 29.7 Å². The van der Waals surface area contributed by atoms with Crippen LogP contribution in [0.15, 0.2) is 29.3 Å². The topological polar surface area (TPSA) is 54.9 Å². The lowest BCUT2D eigenvalue weighted by molar-refractivity contribution is 0.0268. The fourth-order valence-electron chi connectivity index (χ4n) is 2.81. The third-order valence-electron chi connectivity index (χ3n) is 4.55. The SMILES string of the molecule is CCNC(=NCc1ccccc1OC1CCCC1)NCC(C)(C)OC.I. The lowest BCUT2D eigenvalue weighted by Crippen LogP contribution is -2.45. The first kappa shape index (κ1) is 23.0. The van der Waals surface area contributed by atoms with E-state index in [-0.39, 0.29) is 29.6 Å². The standard InChI is InChI=1S/C20H33N3O2.HI/c1-5-21-19(23-15-20(2,3)24-4)22-14-16-10-6-9-13-18(16)25-17-11-7-8-12-17;/h6,9-10,13,17H,5,7-8,11-12,14-15H2,1-4H3,(H2,21,22,23);1H. The van der Waals surface area contributed by atoms with Gasteiger partial charge in [0.1, 0.15) is 5.75 Å². The van der Waals surface area contributed by atoms with E-state index < -0.39 is 0 Å². The highest BCUT2D eigenvalue weighted by Gasteiger charge is 2.18. The molecule has 5 nitrogen and oxygen atoms in total. The molecule has 1 fully saturated rings. The summed E-state index contributed by atoms with van der Waals surface area (Å²) in [5.74, 6) is 1.76. The summed E-state index contributed by atoms with van der Waals surface area (Å²) < 4.78 is 11.7. The zero-order valence-corrected chi connectivity index (χ0v) is 18.8. The smallest absolute Gasteiger partial charge is 0.191 e. The lowest BCUT2D eigenvalue weighted by atomic mass is 10.1. The number of hydrogen-bond acceptors (Lipinski definition) is 3. The molecule has 1 aromatic rings. The summed E-state index contributed by atoms with van der Waals surface area (Å²) in [7, 11) is 1.72. The Morgan fingerprint density at radius 2 is 1.88 bits per heavy atom. The van der Waals surface area contributed by atoms with Gasteiger partial charge >= 0.3 is 0 Å². The fourth-order valence-corrected chi connectivity index (χ4v) is 2.81. The van der Waals surface area contributed by atoms with Crippen molar-refractivity contribution in [1.29, 1.82) is 0 Å². The number of para-hydroxylation sites is 1. The van der Waals surface area contributed by atoms with E-state index in [0.29, 0.717) is 19.2 Å². The van der Waals surface area contributed by atoms with Crippen LogP contribution >= 0.6 is 24.0 Å². The Bertz CT molecular complexity index is 558. The van der Waals surface area contributed by atoms with Crippen molar-refractivity contribution in [2.24, 2.45) is 4.99 Å². The molecule has 0 aromatic heterocycles. The molecule has 2 rings (SSSR count). The van der Waals surface area contributed by atoms with Crippen molar-refractivity contribution < 1.29 is 9.47 Å². The molecule has 0 aliphatic heterocycles. The number of benzene rings is 1. The van der Waals surface area contributed by atoms with Gasteiger partial charge in [0, 0.05) is 25.8 Å². The summed E-state index contributed by atoms with van der Waals surface area (Å²) in [6.07, 6.45) is 5.23. The van der Waals surface area contributed by atoms with E-state index in [4.69, 9.17) is 14.5 Å². The van der Waals surface area contributed by atoms with Crippen LogP contribution in [-0.2, 0) is 11.3 Å². The molecular formula is C20H34IN3O2. The second kappa shape index (κ2) is 11.6. The van der Waals surface area contributed by atoms with Gasteiger partial charge in [0.2, 0.25) is 0 Å². The van der Waals surface area contributed by atoms with Crippen LogP contribution in [0, 0.1) is 0 Å². The molecular weight excluding hydrogens is 441 g/mol. The lowest BCUT2D eigenvalue weighted by Gasteiger charge is -2.24. The van der Waals surface area contributed by atoms with Crippen molar-refractivity contribution in [3.8, 4) is 5.75 Å². The molecule has 0 spiro atoms. The molecule has 6 heteroatoms. The minimum atomic E-state index is -0.236. The number of hydrogen-bond donors (Lipinski definition) is 2. The van der Waals surface area contributed by atoms with Crippen LogP contribution in [0.1, 0.15) is 52.0 Å². The van der Waals surface area contributed by atoms with Gasteiger partial charge in [0.05, 0.1) is 18.2 Å². The molecule has 0 atom stereocenters. The van der Waals surface area contributed by atoms with Gasteiger partial charge in [-0.3, -0.25) is 0 Å². The molecule has 2 N–H and O–H groups in total. The molecule has 0 bridgehead atoms. The average Bonchev–Trinajstić information content (AvgIpc) is 3.11. The molecule has 0 saturated heterocycles. The van der Waals surface area contributed by atoms with Crippen molar-refractivity contribution in [2.45, 2.75) is 64.7 Å². The number of guanidine groups is 1. The molecule has 1 aliphatic rings. The number of rotatable bonds is 8. The molecule has 1 saturated carbocycles. The Morgan fingerprint density at radius 1 is 1.19 bits per heavy atom. The van der Waals surface area contributed by atoms with Gasteiger partial charge in [-0.05, 0) is 52.5 Å². The van der Waals surface area contributed by atoms with E-state index >= 15 is 0 Å². The number of nitrogens with one attached hydrogen (secondary N) is 2. The molecule has 148 valence electrons. The summed E-state index contributed by atoms with van der Waals surface area (Å²) in [5, 5.41) is 6.63.